The molecule has 26 heavy (non-hydrogen) atoms. The highest BCUT2D eigenvalue weighted by molar-refractivity contribution is 5.81. The Balaban J connectivity index is 1.82. The quantitative estimate of drug-likeness (QED) is 0.835. The average Bonchev–Trinajstić information content (AvgIpc) is 3.02. The van der Waals surface area contributed by atoms with E-state index < -0.39 is 0 Å². The van der Waals surface area contributed by atoms with E-state index in [1.54, 1.807) is 6.20 Å². The van der Waals surface area contributed by atoms with Crippen molar-refractivity contribution < 1.29 is 0 Å². The Bertz CT molecular complexity index is 763. The van der Waals surface area contributed by atoms with Crippen molar-refractivity contribution in [2.24, 2.45) is 13.0 Å². The van der Waals surface area contributed by atoms with Gasteiger partial charge in [-0.15, -0.1) is 0 Å². The lowest BCUT2D eigenvalue weighted by molar-refractivity contribution is 0.387. The van der Waals surface area contributed by atoms with Crippen molar-refractivity contribution >= 4 is 17.2 Å². The first-order valence-corrected chi connectivity index (χ1v) is 9.33. The summed E-state index contributed by atoms with van der Waals surface area (Å²) < 4.78 is 2.06. The van der Waals surface area contributed by atoms with Gasteiger partial charge in [0.05, 0.1) is 0 Å². The summed E-state index contributed by atoms with van der Waals surface area (Å²) in [5, 5.41) is 6.76. The van der Waals surface area contributed by atoms with Crippen LogP contribution < -0.4 is 15.5 Å². The van der Waals surface area contributed by atoms with Crippen molar-refractivity contribution in [2.45, 2.75) is 26.3 Å². The lowest BCUT2D eigenvalue weighted by atomic mass is 10.0. The molecule has 6 nitrogen and oxygen atoms in total. The molecule has 0 saturated carbocycles. The van der Waals surface area contributed by atoms with Gasteiger partial charge < -0.3 is 20.1 Å². The lowest BCUT2D eigenvalue weighted by Gasteiger charge is -2.34. The summed E-state index contributed by atoms with van der Waals surface area (Å²) in [6.07, 6.45) is 5.07. The van der Waals surface area contributed by atoms with Crippen LogP contribution in [0.4, 0.5) is 11.6 Å². The third kappa shape index (κ3) is 3.90. The van der Waals surface area contributed by atoms with Gasteiger partial charge in [-0.2, -0.15) is 0 Å². The van der Waals surface area contributed by atoms with Crippen LogP contribution in [0.2, 0.25) is 0 Å². The van der Waals surface area contributed by atoms with E-state index in [0.29, 0.717) is 12.0 Å². The van der Waals surface area contributed by atoms with Gasteiger partial charge in [0.25, 0.3) is 0 Å². The molecule has 3 rings (SSSR count). The molecular weight excluding hydrogens is 324 g/mol. The van der Waals surface area contributed by atoms with Crippen molar-refractivity contribution in [3.63, 3.8) is 0 Å². The predicted octanol–water partition coefficient (Wildman–Crippen LogP) is 2.74. The molecule has 1 aliphatic rings. The molecule has 0 aliphatic carbocycles. The minimum absolute atomic E-state index is 0.520. The van der Waals surface area contributed by atoms with Crippen LogP contribution in [0.1, 0.15) is 31.7 Å². The Labute approximate surface area is 156 Å². The first kappa shape index (κ1) is 18.5. The van der Waals surface area contributed by atoms with E-state index in [1.165, 1.54) is 6.42 Å². The van der Waals surface area contributed by atoms with Crippen molar-refractivity contribution in [3.8, 4) is 0 Å². The van der Waals surface area contributed by atoms with Crippen LogP contribution in [-0.4, -0.2) is 47.3 Å². The minimum Gasteiger partial charge on any atom is -0.373 e. The third-order valence-corrected chi connectivity index (χ3v) is 4.84. The highest BCUT2D eigenvalue weighted by Gasteiger charge is 2.23. The summed E-state index contributed by atoms with van der Waals surface area (Å²) in [4.78, 5) is 11.7. The molecule has 1 aliphatic heterocycles. The number of nitrogens with zero attached hydrogens (tertiary/aromatic N) is 4. The molecule has 0 radical (unpaired) electrons. The summed E-state index contributed by atoms with van der Waals surface area (Å²) in [7, 11) is 3.90. The largest absolute Gasteiger partial charge is 0.373 e. The molecule has 2 aromatic heterocycles. The number of aryl methyl sites for hydroxylation is 1. The van der Waals surface area contributed by atoms with Crippen LogP contribution in [0.25, 0.3) is 5.57 Å². The van der Waals surface area contributed by atoms with Crippen LogP contribution in [0.3, 0.4) is 0 Å². The van der Waals surface area contributed by atoms with Crippen LogP contribution in [0.5, 0.6) is 0 Å². The van der Waals surface area contributed by atoms with Crippen molar-refractivity contribution in [2.75, 3.05) is 36.9 Å². The Morgan fingerprint density at radius 1 is 1.46 bits per heavy atom. The van der Waals surface area contributed by atoms with E-state index in [0.717, 1.165) is 48.2 Å². The number of hydrogen-bond acceptors (Lipinski definition) is 5. The average molecular weight is 355 g/mol. The van der Waals surface area contributed by atoms with Gasteiger partial charge in [-0.05, 0) is 24.5 Å². The highest BCUT2D eigenvalue weighted by atomic mass is 15.3. The molecule has 1 atom stereocenters. The topological polar surface area (TPSA) is 58.0 Å². The molecular formula is C20H30N6. The Morgan fingerprint density at radius 2 is 2.27 bits per heavy atom. The van der Waals surface area contributed by atoms with Gasteiger partial charge in [-0.1, -0.05) is 20.4 Å². The van der Waals surface area contributed by atoms with E-state index in [-0.39, 0.29) is 0 Å². The standard InChI is InChI=1S/C20H30N6/c1-14(2)11-16-12-26(10-9-22-16)18-13-25(5)20(24-18)15(3)17-7-6-8-23-19(17)21-4/h6-8,13-14,16,22H,3,9-12H2,1-2,4-5H3,(H,21,23)/t16-/m0/s1. The monoisotopic (exact) mass is 354 g/mol. The first-order chi connectivity index (χ1) is 12.5. The smallest absolute Gasteiger partial charge is 0.147 e. The number of imidazole rings is 1. The second kappa shape index (κ2) is 7.91. The number of rotatable bonds is 6. The van der Waals surface area contributed by atoms with Gasteiger partial charge in [-0.3, -0.25) is 0 Å². The molecule has 0 amide bonds. The molecule has 6 heteroatoms. The highest BCUT2D eigenvalue weighted by Crippen LogP contribution is 2.27. The number of hydrogen-bond donors (Lipinski definition) is 2. The van der Waals surface area contributed by atoms with E-state index in [2.05, 4.69) is 51.7 Å². The van der Waals surface area contributed by atoms with Crippen LogP contribution in [0, 0.1) is 5.92 Å². The fourth-order valence-electron chi connectivity index (χ4n) is 3.61. The van der Waals surface area contributed by atoms with Gasteiger partial charge >= 0.3 is 0 Å². The maximum Gasteiger partial charge on any atom is 0.147 e. The van der Waals surface area contributed by atoms with Gasteiger partial charge in [-0.25, -0.2) is 9.97 Å². The second-order valence-corrected chi connectivity index (χ2v) is 7.39. The second-order valence-electron chi connectivity index (χ2n) is 7.39. The molecule has 1 saturated heterocycles. The fraction of sp³-hybridized carbons (Fsp3) is 0.500. The maximum absolute atomic E-state index is 4.90. The van der Waals surface area contributed by atoms with Gasteiger partial charge in [0.1, 0.15) is 17.5 Å². The number of piperazine rings is 1. The Hall–Kier alpha value is -2.34. The Kier molecular flexibility index (Phi) is 5.61. The van der Waals surface area contributed by atoms with Gasteiger partial charge in [0, 0.05) is 63.3 Å². The predicted molar refractivity (Wildman–Crippen MR) is 109 cm³/mol. The molecule has 0 aromatic carbocycles. The van der Waals surface area contributed by atoms with Crippen molar-refractivity contribution in [1.82, 2.24) is 19.9 Å². The van der Waals surface area contributed by atoms with Crippen LogP contribution >= 0.6 is 0 Å². The number of nitrogens with one attached hydrogen (secondary N) is 2. The molecule has 2 N–H and O–H groups in total. The zero-order valence-electron chi connectivity index (χ0n) is 16.3. The summed E-state index contributed by atoms with van der Waals surface area (Å²) in [5.74, 6) is 3.41. The fourth-order valence-corrected chi connectivity index (χ4v) is 3.61. The van der Waals surface area contributed by atoms with Crippen molar-refractivity contribution in [1.29, 1.82) is 0 Å². The van der Waals surface area contributed by atoms with E-state index in [1.807, 2.05) is 26.2 Å². The van der Waals surface area contributed by atoms with E-state index >= 15 is 0 Å². The van der Waals surface area contributed by atoms with Crippen LogP contribution in [0.15, 0.2) is 31.1 Å². The summed E-state index contributed by atoms with van der Waals surface area (Å²) in [6, 6.07) is 4.48. The minimum atomic E-state index is 0.520. The molecule has 1 fully saturated rings. The first-order valence-electron chi connectivity index (χ1n) is 9.33. The van der Waals surface area contributed by atoms with Gasteiger partial charge in [0.15, 0.2) is 0 Å². The van der Waals surface area contributed by atoms with Crippen LogP contribution in [-0.2, 0) is 7.05 Å². The normalized spacial score (nSPS) is 17.6. The van der Waals surface area contributed by atoms with E-state index in [9.17, 15) is 0 Å². The summed E-state index contributed by atoms with van der Waals surface area (Å²) in [5.41, 5.74) is 1.86. The third-order valence-electron chi connectivity index (χ3n) is 4.84. The zero-order valence-corrected chi connectivity index (χ0v) is 16.3. The molecule has 3 heterocycles. The van der Waals surface area contributed by atoms with E-state index in [4.69, 9.17) is 4.98 Å². The zero-order chi connectivity index (χ0) is 18.7. The summed E-state index contributed by atoms with van der Waals surface area (Å²) >= 11 is 0. The molecule has 0 bridgehead atoms. The maximum atomic E-state index is 4.90. The number of pyridine rings is 1. The molecule has 0 spiro atoms. The summed E-state index contributed by atoms with van der Waals surface area (Å²) in [6.45, 7) is 11.8. The van der Waals surface area contributed by atoms with Gasteiger partial charge in [0.2, 0.25) is 0 Å². The molecule has 0 unspecified atom stereocenters. The lowest BCUT2D eigenvalue weighted by Crippen LogP contribution is -2.51. The van der Waals surface area contributed by atoms with Crippen molar-refractivity contribution in [3.05, 3.63) is 42.5 Å². The Morgan fingerprint density at radius 3 is 3.00 bits per heavy atom. The SMILES string of the molecule is C=C(c1cccnc1NC)c1nc(N2CCN[C@@H](CC(C)C)C2)cn1C. The molecule has 140 valence electrons. The number of anilines is 2. The number of aromatic nitrogens is 3. The molecule has 2 aromatic rings.